The highest BCUT2D eigenvalue weighted by molar-refractivity contribution is 4.82. The van der Waals surface area contributed by atoms with Crippen molar-refractivity contribution >= 4 is 0 Å². The maximum absolute atomic E-state index is 8.55. The number of aliphatic hydroxyl groups is 1. The minimum absolute atomic E-state index is 0.141. The van der Waals surface area contributed by atoms with Crippen LogP contribution in [0.2, 0.25) is 0 Å². The van der Waals surface area contributed by atoms with E-state index in [0.717, 1.165) is 0 Å². The Bertz CT molecular complexity index is 70.1. The number of rotatable bonds is 2. The molecule has 0 aliphatic heterocycles. The first kappa shape index (κ1) is 6.14. The van der Waals surface area contributed by atoms with E-state index < -0.39 is 0 Å². The molecule has 7 heavy (non-hydrogen) atoms. The van der Waals surface area contributed by atoms with Crippen molar-refractivity contribution in [2.45, 2.75) is 0 Å². The highest BCUT2D eigenvalue weighted by atomic mass is 16.3. The summed E-state index contributed by atoms with van der Waals surface area (Å²) in [5.74, 6) is 0.141. The Morgan fingerprint density at radius 3 is 2.29 bits per heavy atom. The SMILES string of the molecule is CN/C=C(/O)NC. The van der Waals surface area contributed by atoms with Gasteiger partial charge in [-0.25, -0.2) is 0 Å². The van der Waals surface area contributed by atoms with Crippen molar-refractivity contribution in [2.75, 3.05) is 14.1 Å². The van der Waals surface area contributed by atoms with Crippen LogP contribution in [0.15, 0.2) is 12.1 Å². The Morgan fingerprint density at radius 2 is 2.14 bits per heavy atom. The van der Waals surface area contributed by atoms with E-state index in [2.05, 4.69) is 10.6 Å². The van der Waals surface area contributed by atoms with E-state index in [1.807, 2.05) is 0 Å². The third-order valence-corrected chi connectivity index (χ3v) is 0.537. The van der Waals surface area contributed by atoms with Crippen molar-refractivity contribution in [1.82, 2.24) is 10.6 Å². The van der Waals surface area contributed by atoms with Crippen LogP contribution in [0.1, 0.15) is 0 Å². The first-order valence-electron chi connectivity index (χ1n) is 2.05. The molecule has 0 aliphatic carbocycles. The maximum Gasteiger partial charge on any atom is 0.200 e. The Kier molecular flexibility index (Phi) is 2.92. The zero-order valence-electron chi connectivity index (χ0n) is 4.52. The monoisotopic (exact) mass is 102 g/mol. The van der Waals surface area contributed by atoms with Gasteiger partial charge in [-0.05, 0) is 0 Å². The molecule has 0 aliphatic rings. The predicted molar refractivity (Wildman–Crippen MR) is 28.8 cm³/mol. The van der Waals surface area contributed by atoms with Crippen molar-refractivity contribution in [3.63, 3.8) is 0 Å². The van der Waals surface area contributed by atoms with Crippen LogP contribution in [0.3, 0.4) is 0 Å². The summed E-state index contributed by atoms with van der Waals surface area (Å²) in [6.07, 6.45) is 1.46. The molecule has 0 saturated heterocycles. The van der Waals surface area contributed by atoms with E-state index in [4.69, 9.17) is 5.11 Å². The fourth-order valence-corrected chi connectivity index (χ4v) is 0.209. The zero-order valence-corrected chi connectivity index (χ0v) is 4.52. The van der Waals surface area contributed by atoms with Crippen LogP contribution >= 0.6 is 0 Å². The van der Waals surface area contributed by atoms with Crippen LogP contribution in [0.5, 0.6) is 0 Å². The van der Waals surface area contributed by atoms with Crippen molar-refractivity contribution < 1.29 is 5.11 Å². The van der Waals surface area contributed by atoms with E-state index in [1.165, 1.54) is 6.20 Å². The van der Waals surface area contributed by atoms with Gasteiger partial charge in [0.15, 0.2) is 5.88 Å². The summed E-state index contributed by atoms with van der Waals surface area (Å²) in [6.45, 7) is 0. The normalized spacial score (nSPS) is 10.9. The topological polar surface area (TPSA) is 44.3 Å². The molecule has 0 unspecified atom stereocenters. The van der Waals surface area contributed by atoms with Crippen LogP contribution in [-0.2, 0) is 0 Å². The Labute approximate surface area is 43.0 Å². The molecule has 0 heterocycles. The molecule has 0 radical (unpaired) electrons. The molecule has 0 aromatic rings. The first-order chi connectivity index (χ1) is 3.31. The van der Waals surface area contributed by atoms with Gasteiger partial charge in [0.05, 0.1) is 6.20 Å². The summed E-state index contributed by atoms with van der Waals surface area (Å²) in [7, 11) is 3.36. The second-order valence-corrected chi connectivity index (χ2v) is 1.07. The van der Waals surface area contributed by atoms with Gasteiger partial charge in [0.2, 0.25) is 0 Å². The molecular formula is C4H10N2O. The average molecular weight is 102 g/mol. The molecule has 3 nitrogen and oxygen atoms in total. The van der Waals surface area contributed by atoms with Crippen molar-refractivity contribution in [3.05, 3.63) is 12.1 Å². The minimum atomic E-state index is 0.141. The fourth-order valence-electron chi connectivity index (χ4n) is 0.209. The lowest BCUT2D eigenvalue weighted by Crippen LogP contribution is -2.08. The second kappa shape index (κ2) is 3.33. The third-order valence-electron chi connectivity index (χ3n) is 0.537. The number of hydrogen-bond acceptors (Lipinski definition) is 3. The molecule has 42 valence electrons. The molecule has 0 aromatic carbocycles. The molecule has 0 bridgehead atoms. The number of aliphatic hydroxyl groups excluding tert-OH is 1. The maximum atomic E-state index is 8.55. The molecular weight excluding hydrogens is 92.1 g/mol. The molecule has 0 amide bonds. The molecule has 0 aromatic heterocycles. The van der Waals surface area contributed by atoms with Gasteiger partial charge in [-0.15, -0.1) is 0 Å². The summed E-state index contributed by atoms with van der Waals surface area (Å²) >= 11 is 0. The lowest BCUT2D eigenvalue weighted by atomic mass is 10.8. The fraction of sp³-hybridized carbons (Fsp3) is 0.500. The molecule has 3 heteroatoms. The zero-order chi connectivity index (χ0) is 5.70. The summed E-state index contributed by atoms with van der Waals surface area (Å²) in [6, 6.07) is 0. The van der Waals surface area contributed by atoms with Gasteiger partial charge in [-0.1, -0.05) is 0 Å². The van der Waals surface area contributed by atoms with Crippen LogP contribution in [0.4, 0.5) is 0 Å². The van der Waals surface area contributed by atoms with Gasteiger partial charge in [-0.3, -0.25) is 0 Å². The highest BCUT2D eigenvalue weighted by Crippen LogP contribution is 1.69. The van der Waals surface area contributed by atoms with E-state index >= 15 is 0 Å². The van der Waals surface area contributed by atoms with Crippen LogP contribution in [0, 0.1) is 0 Å². The molecule has 3 N–H and O–H groups in total. The summed E-state index contributed by atoms with van der Waals surface area (Å²) in [4.78, 5) is 0. The van der Waals surface area contributed by atoms with E-state index in [-0.39, 0.29) is 5.88 Å². The van der Waals surface area contributed by atoms with Crippen LogP contribution in [-0.4, -0.2) is 19.2 Å². The minimum Gasteiger partial charge on any atom is -0.494 e. The van der Waals surface area contributed by atoms with Gasteiger partial charge in [0.1, 0.15) is 0 Å². The molecule has 0 rings (SSSR count). The lowest BCUT2D eigenvalue weighted by molar-refractivity contribution is 0.372. The van der Waals surface area contributed by atoms with Gasteiger partial charge in [0, 0.05) is 14.1 Å². The van der Waals surface area contributed by atoms with Crippen molar-refractivity contribution in [3.8, 4) is 0 Å². The molecule has 0 atom stereocenters. The Morgan fingerprint density at radius 1 is 1.57 bits per heavy atom. The van der Waals surface area contributed by atoms with E-state index in [1.54, 1.807) is 14.1 Å². The largest absolute Gasteiger partial charge is 0.494 e. The van der Waals surface area contributed by atoms with Crippen molar-refractivity contribution in [2.24, 2.45) is 0 Å². The van der Waals surface area contributed by atoms with Gasteiger partial charge < -0.3 is 15.7 Å². The molecule has 0 spiro atoms. The first-order valence-corrected chi connectivity index (χ1v) is 2.05. The smallest absolute Gasteiger partial charge is 0.200 e. The summed E-state index contributed by atoms with van der Waals surface area (Å²) in [5.41, 5.74) is 0. The summed E-state index contributed by atoms with van der Waals surface area (Å²) < 4.78 is 0. The van der Waals surface area contributed by atoms with E-state index in [9.17, 15) is 0 Å². The predicted octanol–water partition coefficient (Wildman–Crippen LogP) is -0.218. The lowest BCUT2D eigenvalue weighted by Gasteiger charge is -1.93. The molecule has 0 fully saturated rings. The van der Waals surface area contributed by atoms with Crippen LogP contribution < -0.4 is 10.6 Å². The Balaban J connectivity index is 3.29. The molecule has 0 saturated carbocycles. The Hall–Kier alpha value is -0.860. The van der Waals surface area contributed by atoms with Gasteiger partial charge in [0.25, 0.3) is 0 Å². The second-order valence-electron chi connectivity index (χ2n) is 1.07. The van der Waals surface area contributed by atoms with E-state index in [0.29, 0.717) is 0 Å². The quantitative estimate of drug-likeness (QED) is 0.422. The number of nitrogens with one attached hydrogen (secondary N) is 2. The van der Waals surface area contributed by atoms with Gasteiger partial charge in [-0.2, -0.15) is 0 Å². The van der Waals surface area contributed by atoms with Gasteiger partial charge >= 0.3 is 0 Å². The highest BCUT2D eigenvalue weighted by Gasteiger charge is 1.76. The van der Waals surface area contributed by atoms with Crippen LogP contribution in [0.25, 0.3) is 0 Å². The number of hydrogen-bond donors (Lipinski definition) is 3. The average Bonchev–Trinajstić information content (AvgIpc) is 1.68. The summed E-state index contributed by atoms with van der Waals surface area (Å²) in [5, 5.41) is 13.7. The third kappa shape index (κ3) is 2.96. The standard InChI is InChI=1S/C4H10N2O/c1-5-3-4(7)6-2/h3,5-7H,1-2H3/b4-3+. The van der Waals surface area contributed by atoms with Crippen molar-refractivity contribution in [1.29, 1.82) is 0 Å².